The molecule has 132 valence electrons. The molecule has 1 unspecified atom stereocenters. The summed E-state index contributed by atoms with van der Waals surface area (Å²) in [6.07, 6.45) is 5.60. The number of nitrogens with zero attached hydrogens (tertiary/aromatic N) is 4. The number of aliphatic hydroxyl groups is 1. The number of anilines is 1. The molecule has 0 amide bonds. The van der Waals surface area contributed by atoms with Gasteiger partial charge in [-0.25, -0.2) is 9.50 Å². The van der Waals surface area contributed by atoms with Crippen LogP contribution in [-0.2, 0) is 0 Å². The summed E-state index contributed by atoms with van der Waals surface area (Å²) < 4.78 is 1.93. The van der Waals surface area contributed by atoms with Crippen LogP contribution in [0.2, 0.25) is 0 Å². The van der Waals surface area contributed by atoms with E-state index >= 15 is 0 Å². The summed E-state index contributed by atoms with van der Waals surface area (Å²) in [6, 6.07) is 8.07. The van der Waals surface area contributed by atoms with Crippen LogP contribution in [0.15, 0.2) is 42.9 Å². The third kappa shape index (κ3) is 2.59. The molecule has 0 saturated heterocycles. The van der Waals surface area contributed by atoms with E-state index in [1.165, 1.54) is 0 Å². The number of hydrogen-bond donors (Lipinski definition) is 2. The van der Waals surface area contributed by atoms with Crippen molar-refractivity contribution in [3.63, 3.8) is 0 Å². The Hall–Kier alpha value is -2.99. The molecule has 0 aliphatic carbocycles. The Morgan fingerprint density at radius 2 is 2.04 bits per heavy atom. The molecule has 0 aliphatic heterocycles. The summed E-state index contributed by atoms with van der Waals surface area (Å²) in [7, 11) is 1.86. The first-order valence-corrected chi connectivity index (χ1v) is 8.71. The maximum absolute atomic E-state index is 10.1. The van der Waals surface area contributed by atoms with E-state index in [0.717, 1.165) is 38.9 Å². The van der Waals surface area contributed by atoms with E-state index in [9.17, 15) is 5.11 Å². The molecule has 0 spiro atoms. The molecule has 0 aromatic carbocycles. The average Bonchev–Trinajstić information content (AvgIpc) is 3.16. The molecule has 6 heteroatoms. The number of aliphatic hydroxyl groups excluding tert-OH is 1. The van der Waals surface area contributed by atoms with Gasteiger partial charge in [0.2, 0.25) is 0 Å². The number of aromatic nitrogens is 4. The summed E-state index contributed by atoms with van der Waals surface area (Å²) in [5.74, 6) is 0.823. The van der Waals surface area contributed by atoms with E-state index in [2.05, 4.69) is 26.4 Å². The highest BCUT2D eigenvalue weighted by Crippen LogP contribution is 2.31. The molecule has 4 heterocycles. The van der Waals surface area contributed by atoms with Crippen molar-refractivity contribution < 1.29 is 5.11 Å². The van der Waals surface area contributed by atoms with Crippen molar-refractivity contribution in [3.05, 3.63) is 54.1 Å². The molecular weight excluding hydrogens is 326 g/mol. The van der Waals surface area contributed by atoms with E-state index in [-0.39, 0.29) is 0 Å². The standard InChI is InChI=1S/C20H21N5O/c1-4-19(26)16-7-12(2)15(11-22-16)18-8-13-10-23-20(21-3)9-14(13)17-5-6-24-25(17)18/h5-11,19,26H,4H2,1-3H3,(H,21,23). The molecule has 4 aromatic heterocycles. The smallest absolute Gasteiger partial charge is 0.126 e. The molecule has 4 aromatic rings. The van der Waals surface area contributed by atoms with Gasteiger partial charge in [-0.1, -0.05) is 6.92 Å². The Labute approximate surface area is 151 Å². The Balaban J connectivity index is 1.95. The van der Waals surface area contributed by atoms with Crippen LogP contribution in [0.1, 0.15) is 30.7 Å². The maximum Gasteiger partial charge on any atom is 0.126 e. The van der Waals surface area contributed by atoms with E-state index < -0.39 is 6.10 Å². The first-order chi connectivity index (χ1) is 12.6. The van der Waals surface area contributed by atoms with Crippen LogP contribution in [-0.4, -0.2) is 31.7 Å². The molecule has 1 atom stereocenters. The number of fused-ring (bicyclic) bond motifs is 3. The molecule has 6 nitrogen and oxygen atoms in total. The minimum Gasteiger partial charge on any atom is -0.387 e. The van der Waals surface area contributed by atoms with Gasteiger partial charge in [0.15, 0.2) is 0 Å². The zero-order valence-corrected chi connectivity index (χ0v) is 15.1. The lowest BCUT2D eigenvalue weighted by atomic mass is 10.0. The quantitative estimate of drug-likeness (QED) is 0.588. The third-order valence-corrected chi connectivity index (χ3v) is 4.77. The summed E-state index contributed by atoms with van der Waals surface area (Å²) in [4.78, 5) is 8.90. The second-order valence-electron chi connectivity index (χ2n) is 6.41. The molecule has 0 bridgehead atoms. The van der Waals surface area contributed by atoms with Crippen LogP contribution in [0, 0.1) is 6.92 Å². The van der Waals surface area contributed by atoms with E-state index in [1.807, 2.05) is 56.0 Å². The summed E-state index contributed by atoms with van der Waals surface area (Å²) in [6.45, 7) is 3.98. The number of nitrogens with one attached hydrogen (secondary N) is 1. The Bertz CT molecular complexity index is 1100. The Morgan fingerprint density at radius 1 is 1.19 bits per heavy atom. The van der Waals surface area contributed by atoms with Crippen molar-refractivity contribution in [1.82, 2.24) is 19.6 Å². The molecular formula is C20H21N5O. The lowest BCUT2D eigenvalue weighted by Crippen LogP contribution is -2.02. The van der Waals surface area contributed by atoms with E-state index in [0.29, 0.717) is 12.1 Å². The largest absolute Gasteiger partial charge is 0.387 e. The highest BCUT2D eigenvalue weighted by molar-refractivity contribution is 5.99. The lowest BCUT2D eigenvalue weighted by molar-refractivity contribution is 0.169. The van der Waals surface area contributed by atoms with Crippen molar-refractivity contribution in [2.45, 2.75) is 26.4 Å². The molecule has 2 N–H and O–H groups in total. The molecule has 26 heavy (non-hydrogen) atoms. The summed E-state index contributed by atoms with van der Waals surface area (Å²) >= 11 is 0. The number of pyridine rings is 3. The van der Waals surface area contributed by atoms with Crippen molar-refractivity contribution in [2.24, 2.45) is 0 Å². The van der Waals surface area contributed by atoms with Crippen molar-refractivity contribution in [2.75, 3.05) is 12.4 Å². The molecule has 0 saturated carbocycles. The predicted molar refractivity (Wildman–Crippen MR) is 103 cm³/mol. The first-order valence-electron chi connectivity index (χ1n) is 8.71. The Kier molecular flexibility index (Phi) is 4.05. The summed E-state index contributed by atoms with van der Waals surface area (Å²) in [5, 5.41) is 19.8. The van der Waals surface area contributed by atoms with Gasteiger partial charge in [-0.3, -0.25) is 4.98 Å². The van der Waals surface area contributed by atoms with Gasteiger partial charge < -0.3 is 10.4 Å². The minimum atomic E-state index is -0.534. The van der Waals surface area contributed by atoms with Gasteiger partial charge in [-0.2, -0.15) is 5.10 Å². The van der Waals surface area contributed by atoms with Crippen molar-refractivity contribution >= 4 is 22.1 Å². The van der Waals surface area contributed by atoms with Gasteiger partial charge in [0.1, 0.15) is 5.82 Å². The van der Waals surface area contributed by atoms with Crippen LogP contribution in [0.5, 0.6) is 0 Å². The van der Waals surface area contributed by atoms with Gasteiger partial charge in [-0.15, -0.1) is 0 Å². The van der Waals surface area contributed by atoms with Gasteiger partial charge in [0, 0.05) is 35.8 Å². The molecule has 4 rings (SSSR count). The van der Waals surface area contributed by atoms with Crippen molar-refractivity contribution in [3.8, 4) is 11.3 Å². The van der Waals surface area contributed by atoms with Crippen LogP contribution in [0.4, 0.5) is 5.82 Å². The van der Waals surface area contributed by atoms with Crippen LogP contribution in [0.25, 0.3) is 27.5 Å². The normalized spacial score (nSPS) is 12.6. The SMILES string of the molecule is CCC(O)c1cc(C)c(-c2cc3cnc(NC)cc3c3ccnn23)cn1. The second kappa shape index (κ2) is 6.38. The van der Waals surface area contributed by atoms with Gasteiger partial charge in [0.25, 0.3) is 0 Å². The third-order valence-electron chi connectivity index (χ3n) is 4.77. The molecule has 0 radical (unpaired) electrons. The fourth-order valence-corrected chi connectivity index (χ4v) is 3.28. The number of rotatable bonds is 4. The fourth-order valence-electron chi connectivity index (χ4n) is 3.28. The minimum absolute atomic E-state index is 0.534. The first kappa shape index (κ1) is 16.5. The van der Waals surface area contributed by atoms with E-state index in [4.69, 9.17) is 0 Å². The fraction of sp³-hybridized carbons (Fsp3) is 0.250. The van der Waals surface area contributed by atoms with E-state index in [1.54, 1.807) is 6.20 Å². The van der Waals surface area contributed by atoms with Crippen LogP contribution < -0.4 is 5.32 Å². The second-order valence-corrected chi connectivity index (χ2v) is 6.41. The van der Waals surface area contributed by atoms with Crippen LogP contribution >= 0.6 is 0 Å². The zero-order chi connectivity index (χ0) is 18.3. The Morgan fingerprint density at radius 3 is 2.77 bits per heavy atom. The topological polar surface area (TPSA) is 75.3 Å². The predicted octanol–water partition coefficient (Wildman–Crippen LogP) is 3.74. The summed E-state index contributed by atoms with van der Waals surface area (Å²) in [5.41, 5.74) is 4.72. The monoisotopic (exact) mass is 347 g/mol. The number of hydrogen-bond acceptors (Lipinski definition) is 5. The van der Waals surface area contributed by atoms with Crippen molar-refractivity contribution in [1.29, 1.82) is 0 Å². The highest BCUT2D eigenvalue weighted by atomic mass is 16.3. The molecule has 0 fully saturated rings. The van der Waals surface area contributed by atoms with Crippen LogP contribution in [0.3, 0.4) is 0 Å². The van der Waals surface area contributed by atoms with Gasteiger partial charge >= 0.3 is 0 Å². The van der Waals surface area contributed by atoms with Gasteiger partial charge in [-0.05, 0) is 43.2 Å². The highest BCUT2D eigenvalue weighted by Gasteiger charge is 2.14. The lowest BCUT2D eigenvalue weighted by Gasteiger charge is -2.14. The molecule has 0 aliphatic rings. The zero-order valence-electron chi connectivity index (χ0n) is 15.1. The van der Waals surface area contributed by atoms with Gasteiger partial charge in [0.05, 0.1) is 29.2 Å². The maximum atomic E-state index is 10.1. The average molecular weight is 347 g/mol. The number of aryl methyl sites for hydroxylation is 1.